The van der Waals surface area contributed by atoms with Crippen LogP contribution in [0.2, 0.25) is 0 Å². The van der Waals surface area contributed by atoms with E-state index in [4.69, 9.17) is 9.47 Å². The van der Waals surface area contributed by atoms with Gasteiger partial charge in [-0.25, -0.2) is 8.42 Å². The number of fused-ring (bicyclic) bond motifs is 1. The van der Waals surface area contributed by atoms with Gasteiger partial charge in [0.25, 0.3) is 5.91 Å². The first kappa shape index (κ1) is 29.8. The van der Waals surface area contributed by atoms with Crippen molar-refractivity contribution in [1.82, 2.24) is 9.62 Å². The van der Waals surface area contributed by atoms with Gasteiger partial charge < -0.3 is 19.7 Å². The average Bonchev–Trinajstić information content (AvgIpc) is 3.03. The number of para-hydroxylation sites is 2. The summed E-state index contributed by atoms with van der Waals surface area (Å²) in [4.78, 5) is 28.6. The van der Waals surface area contributed by atoms with Gasteiger partial charge in [-0.15, -0.1) is 0 Å². The smallest absolute Gasteiger partial charge is 0.263 e. The fourth-order valence-electron chi connectivity index (χ4n) is 4.92. The van der Waals surface area contributed by atoms with Crippen molar-refractivity contribution in [1.29, 1.82) is 0 Å². The number of carbonyl (C=O) groups excluding carboxylic acids is 2. The average molecular weight is 600 g/mol. The maximum absolute atomic E-state index is 14.0. The Hall–Kier alpha value is -4.67. The molecule has 0 saturated heterocycles. The summed E-state index contributed by atoms with van der Waals surface area (Å²) in [7, 11) is -2.59. The second-order valence-corrected chi connectivity index (χ2v) is 12.1. The van der Waals surface area contributed by atoms with E-state index in [2.05, 4.69) is 5.32 Å². The minimum absolute atomic E-state index is 0.0209. The summed E-state index contributed by atoms with van der Waals surface area (Å²) >= 11 is 0. The predicted molar refractivity (Wildman–Crippen MR) is 163 cm³/mol. The third-order valence-electron chi connectivity index (χ3n) is 7.19. The van der Waals surface area contributed by atoms with Crippen LogP contribution in [0.1, 0.15) is 16.7 Å². The molecule has 1 N–H and O–H groups in total. The van der Waals surface area contributed by atoms with Crippen molar-refractivity contribution in [2.75, 3.05) is 25.1 Å². The highest BCUT2D eigenvalue weighted by Gasteiger charge is 2.36. The molecule has 1 atom stereocenters. The summed E-state index contributed by atoms with van der Waals surface area (Å²) < 4.78 is 40.4. The Bertz CT molecular complexity index is 1700. The summed E-state index contributed by atoms with van der Waals surface area (Å²) in [5.74, 6) is 0.0660. The van der Waals surface area contributed by atoms with Gasteiger partial charge in [-0.3, -0.25) is 9.59 Å². The number of sulfonamides is 1. The van der Waals surface area contributed by atoms with E-state index in [1.54, 1.807) is 37.3 Å². The van der Waals surface area contributed by atoms with E-state index in [0.29, 0.717) is 29.3 Å². The van der Waals surface area contributed by atoms with E-state index in [1.807, 2.05) is 60.7 Å². The molecule has 4 aromatic carbocycles. The fraction of sp³-hybridized carbons (Fsp3) is 0.212. The molecule has 9 nitrogen and oxygen atoms in total. The van der Waals surface area contributed by atoms with Crippen molar-refractivity contribution in [3.8, 4) is 11.5 Å². The van der Waals surface area contributed by atoms with Crippen LogP contribution in [0.3, 0.4) is 0 Å². The van der Waals surface area contributed by atoms with Crippen LogP contribution in [-0.4, -0.2) is 50.8 Å². The van der Waals surface area contributed by atoms with E-state index in [0.717, 1.165) is 15.4 Å². The number of methoxy groups -OCH3 is 1. The largest absolute Gasteiger partial charge is 0.496 e. The van der Waals surface area contributed by atoms with Gasteiger partial charge in [-0.1, -0.05) is 72.8 Å². The van der Waals surface area contributed by atoms with E-state index in [1.165, 1.54) is 24.1 Å². The molecule has 222 valence electrons. The topological polar surface area (TPSA) is 105 Å². The SMILES string of the molecule is COc1ccc(S(=O)(=O)N(CC(=O)N2CC(C(=O)NCc3ccccc3)Oc3ccccc32)Cc2ccccc2)cc1C. The second kappa shape index (κ2) is 13.1. The van der Waals surface area contributed by atoms with Crippen molar-refractivity contribution in [2.24, 2.45) is 0 Å². The summed E-state index contributed by atoms with van der Waals surface area (Å²) in [5.41, 5.74) is 2.78. The molecule has 5 rings (SSSR count). The molecule has 2 amide bonds. The summed E-state index contributed by atoms with van der Waals surface area (Å²) in [6, 6.07) is 30.1. The molecule has 0 fully saturated rings. The van der Waals surface area contributed by atoms with Gasteiger partial charge in [-0.2, -0.15) is 4.31 Å². The zero-order chi connectivity index (χ0) is 30.4. The van der Waals surface area contributed by atoms with Gasteiger partial charge in [-0.05, 0) is 53.9 Å². The zero-order valence-electron chi connectivity index (χ0n) is 24.0. The molecule has 4 aromatic rings. The molecule has 0 spiro atoms. The van der Waals surface area contributed by atoms with Gasteiger partial charge in [0, 0.05) is 13.1 Å². The fourth-order valence-corrected chi connectivity index (χ4v) is 6.38. The normalized spacial score (nSPS) is 14.5. The molecule has 1 heterocycles. The zero-order valence-corrected chi connectivity index (χ0v) is 24.8. The molecule has 1 aliphatic rings. The summed E-state index contributed by atoms with van der Waals surface area (Å²) in [6.45, 7) is 1.52. The maximum atomic E-state index is 14.0. The third kappa shape index (κ3) is 6.87. The van der Waals surface area contributed by atoms with Crippen LogP contribution in [0.15, 0.2) is 108 Å². The molecule has 0 aliphatic carbocycles. The number of benzene rings is 4. The lowest BCUT2D eigenvalue weighted by Crippen LogP contribution is -2.52. The van der Waals surface area contributed by atoms with Crippen molar-refractivity contribution in [3.05, 3.63) is 120 Å². The molecular formula is C33H33N3O6S. The Morgan fingerprint density at radius 1 is 0.930 bits per heavy atom. The summed E-state index contributed by atoms with van der Waals surface area (Å²) in [5, 5.41) is 2.87. The highest BCUT2D eigenvalue weighted by molar-refractivity contribution is 7.89. The molecule has 43 heavy (non-hydrogen) atoms. The highest BCUT2D eigenvalue weighted by Crippen LogP contribution is 2.34. The Morgan fingerprint density at radius 3 is 2.26 bits per heavy atom. The molecule has 0 radical (unpaired) electrons. The van der Waals surface area contributed by atoms with E-state index in [-0.39, 0.29) is 23.9 Å². The van der Waals surface area contributed by atoms with Crippen LogP contribution < -0.4 is 19.7 Å². The molecule has 10 heteroatoms. The van der Waals surface area contributed by atoms with Crippen LogP contribution in [0, 0.1) is 6.92 Å². The van der Waals surface area contributed by atoms with Crippen LogP contribution >= 0.6 is 0 Å². The number of ether oxygens (including phenoxy) is 2. The summed E-state index contributed by atoms with van der Waals surface area (Å²) in [6.07, 6.45) is -0.981. The minimum atomic E-state index is -4.11. The van der Waals surface area contributed by atoms with Gasteiger partial charge >= 0.3 is 0 Å². The van der Waals surface area contributed by atoms with Crippen molar-refractivity contribution >= 4 is 27.5 Å². The quantitative estimate of drug-likeness (QED) is 0.291. The Kier molecular flexibility index (Phi) is 9.08. The highest BCUT2D eigenvalue weighted by atomic mass is 32.2. The Morgan fingerprint density at radius 2 is 1.58 bits per heavy atom. The number of rotatable bonds is 10. The molecule has 0 aromatic heterocycles. The van der Waals surface area contributed by atoms with Crippen LogP contribution in [0.25, 0.3) is 0 Å². The molecule has 1 unspecified atom stereocenters. The Balaban J connectivity index is 1.41. The standard InChI is InChI=1S/C33H33N3O6S/c1-24-19-27(17-18-29(24)41-2)43(39,40)35(21-26-13-7-4-8-14-26)23-32(37)36-22-31(42-30-16-10-9-15-28(30)36)33(38)34-20-25-11-5-3-6-12-25/h3-19,31H,20-23H2,1-2H3,(H,34,38). The van der Waals surface area contributed by atoms with E-state index >= 15 is 0 Å². The number of aryl methyl sites for hydroxylation is 1. The number of amides is 2. The lowest BCUT2D eigenvalue weighted by molar-refractivity contribution is -0.128. The monoisotopic (exact) mass is 599 g/mol. The molecule has 0 saturated carbocycles. The predicted octanol–water partition coefficient (Wildman–Crippen LogP) is 4.31. The first-order chi connectivity index (χ1) is 20.8. The molecule has 1 aliphatic heterocycles. The van der Waals surface area contributed by atoms with Crippen molar-refractivity contribution < 1.29 is 27.5 Å². The van der Waals surface area contributed by atoms with Gasteiger partial charge in [0.2, 0.25) is 15.9 Å². The Labute approximate surface area is 251 Å². The van der Waals surface area contributed by atoms with Crippen molar-refractivity contribution in [3.63, 3.8) is 0 Å². The first-order valence-corrected chi connectivity index (χ1v) is 15.3. The second-order valence-electron chi connectivity index (χ2n) is 10.2. The molecule has 0 bridgehead atoms. The van der Waals surface area contributed by atoms with Gasteiger partial charge in [0.05, 0.1) is 30.8 Å². The number of hydrogen-bond acceptors (Lipinski definition) is 6. The molecular weight excluding hydrogens is 566 g/mol. The number of nitrogens with zero attached hydrogens (tertiary/aromatic N) is 2. The first-order valence-electron chi connectivity index (χ1n) is 13.8. The van der Waals surface area contributed by atoms with Crippen LogP contribution in [0.5, 0.6) is 11.5 Å². The number of hydrogen-bond donors (Lipinski definition) is 1. The maximum Gasteiger partial charge on any atom is 0.263 e. The number of nitrogens with one attached hydrogen (secondary N) is 1. The minimum Gasteiger partial charge on any atom is -0.496 e. The van der Waals surface area contributed by atoms with Gasteiger partial charge in [0.15, 0.2) is 6.10 Å². The lowest BCUT2D eigenvalue weighted by atomic mass is 10.1. The number of anilines is 1. The van der Waals surface area contributed by atoms with Gasteiger partial charge in [0.1, 0.15) is 11.5 Å². The lowest BCUT2D eigenvalue weighted by Gasteiger charge is -2.35. The van der Waals surface area contributed by atoms with E-state index < -0.39 is 28.6 Å². The number of carbonyl (C=O) groups is 2. The van der Waals surface area contributed by atoms with Crippen LogP contribution in [0.4, 0.5) is 5.69 Å². The van der Waals surface area contributed by atoms with Crippen LogP contribution in [-0.2, 0) is 32.7 Å². The van der Waals surface area contributed by atoms with E-state index in [9.17, 15) is 18.0 Å². The van der Waals surface area contributed by atoms with Crippen molar-refractivity contribution in [2.45, 2.75) is 31.0 Å². The third-order valence-corrected chi connectivity index (χ3v) is 8.98.